The van der Waals surface area contributed by atoms with Crippen molar-refractivity contribution in [2.75, 3.05) is 24.5 Å². The van der Waals surface area contributed by atoms with Crippen molar-refractivity contribution in [3.63, 3.8) is 0 Å². The second-order valence-corrected chi connectivity index (χ2v) is 4.84. The van der Waals surface area contributed by atoms with E-state index in [9.17, 15) is 0 Å². The highest BCUT2D eigenvalue weighted by molar-refractivity contribution is 6.37. The van der Waals surface area contributed by atoms with E-state index in [1.54, 1.807) is 13.2 Å². The quantitative estimate of drug-likeness (QED) is 0.668. The zero-order valence-electron chi connectivity index (χ0n) is 11.0. The van der Waals surface area contributed by atoms with Crippen molar-refractivity contribution >= 4 is 40.5 Å². The molecular formula is C13H14Cl2N4O. The summed E-state index contributed by atoms with van der Waals surface area (Å²) in [6.45, 7) is 0. The molecule has 20 heavy (non-hydrogen) atoms. The second-order valence-electron chi connectivity index (χ2n) is 4.03. The third-order valence-electron chi connectivity index (χ3n) is 2.81. The number of benzene rings is 1. The highest BCUT2D eigenvalue weighted by atomic mass is 35.5. The number of nitrogens with zero attached hydrogens (tertiary/aromatic N) is 2. The first-order chi connectivity index (χ1) is 9.56. The Morgan fingerprint density at radius 3 is 2.65 bits per heavy atom. The minimum absolute atomic E-state index is 0.361. The number of methoxy groups -OCH3 is 1. The molecule has 0 bridgehead atoms. The number of halogens is 2. The summed E-state index contributed by atoms with van der Waals surface area (Å²) in [5.74, 6) is 7.02. The minimum Gasteiger partial charge on any atom is -0.497 e. The average molecular weight is 313 g/mol. The number of nitrogens with one attached hydrogen (secondary N) is 1. The van der Waals surface area contributed by atoms with Gasteiger partial charge in [-0.3, -0.25) is 0 Å². The highest BCUT2D eigenvalue weighted by Crippen LogP contribution is 2.34. The zero-order valence-corrected chi connectivity index (χ0v) is 12.5. The number of aromatic nitrogens is 1. The van der Waals surface area contributed by atoms with E-state index in [0.29, 0.717) is 21.7 Å². The van der Waals surface area contributed by atoms with Crippen LogP contribution in [0.1, 0.15) is 0 Å². The molecule has 0 saturated heterocycles. The Hall–Kier alpha value is -1.69. The lowest BCUT2D eigenvalue weighted by Crippen LogP contribution is -2.15. The van der Waals surface area contributed by atoms with Crippen molar-refractivity contribution in [1.82, 2.24) is 4.98 Å². The molecule has 0 amide bonds. The van der Waals surface area contributed by atoms with Crippen LogP contribution in [0.3, 0.4) is 0 Å². The molecule has 0 saturated carbocycles. The van der Waals surface area contributed by atoms with E-state index < -0.39 is 0 Å². The number of pyridine rings is 1. The van der Waals surface area contributed by atoms with E-state index in [2.05, 4.69) is 10.4 Å². The molecule has 0 aliphatic carbocycles. The van der Waals surface area contributed by atoms with Gasteiger partial charge in [0.2, 0.25) is 0 Å². The largest absolute Gasteiger partial charge is 0.497 e. The van der Waals surface area contributed by atoms with Crippen LogP contribution in [0.15, 0.2) is 30.3 Å². The molecule has 2 aromatic rings. The van der Waals surface area contributed by atoms with Gasteiger partial charge in [-0.1, -0.05) is 29.3 Å². The number of hydrazine groups is 1. The summed E-state index contributed by atoms with van der Waals surface area (Å²) in [5.41, 5.74) is 3.32. The molecule has 0 unspecified atom stereocenters. The van der Waals surface area contributed by atoms with Crippen LogP contribution in [0.5, 0.6) is 5.75 Å². The van der Waals surface area contributed by atoms with Crippen molar-refractivity contribution < 1.29 is 4.74 Å². The van der Waals surface area contributed by atoms with E-state index in [0.717, 1.165) is 11.4 Å². The number of nitrogens with two attached hydrogens (primary N) is 1. The predicted molar refractivity (Wildman–Crippen MR) is 83.1 cm³/mol. The molecule has 1 aromatic heterocycles. The molecule has 3 N–H and O–H groups in total. The van der Waals surface area contributed by atoms with E-state index in [1.807, 2.05) is 36.2 Å². The van der Waals surface area contributed by atoms with Gasteiger partial charge in [0.05, 0.1) is 17.2 Å². The Morgan fingerprint density at radius 1 is 1.25 bits per heavy atom. The van der Waals surface area contributed by atoms with Crippen LogP contribution in [0, 0.1) is 0 Å². The number of ether oxygens (including phenoxy) is 1. The topological polar surface area (TPSA) is 63.4 Å². The van der Waals surface area contributed by atoms with Gasteiger partial charge in [-0.05, 0) is 18.2 Å². The smallest absolute Gasteiger partial charge is 0.161 e. The molecule has 0 aliphatic rings. The first kappa shape index (κ1) is 14.7. The second kappa shape index (κ2) is 6.17. The summed E-state index contributed by atoms with van der Waals surface area (Å²) < 4.78 is 5.20. The maximum absolute atomic E-state index is 6.19. The van der Waals surface area contributed by atoms with Gasteiger partial charge in [0.25, 0.3) is 0 Å². The van der Waals surface area contributed by atoms with Crippen LogP contribution in [-0.4, -0.2) is 19.1 Å². The average Bonchev–Trinajstić information content (AvgIpc) is 2.47. The van der Waals surface area contributed by atoms with E-state index in [4.69, 9.17) is 33.8 Å². The molecule has 2 rings (SSSR count). The fourth-order valence-electron chi connectivity index (χ4n) is 1.73. The Morgan fingerprint density at radius 2 is 2.00 bits per heavy atom. The number of hydrogen-bond donors (Lipinski definition) is 2. The van der Waals surface area contributed by atoms with Crippen LogP contribution in [0.4, 0.5) is 17.3 Å². The number of hydrogen-bond acceptors (Lipinski definition) is 5. The summed E-state index contributed by atoms with van der Waals surface area (Å²) in [4.78, 5) is 6.13. The Balaban J connectivity index is 2.44. The number of anilines is 3. The van der Waals surface area contributed by atoms with Crippen molar-refractivity contribution in [1.29, 1.82) is 0 Å². The van der Waals surface area contributed by atoms with Crippen LogP contribution >= 0.6 is 23.2 Å². The molecule has 0 aliphatic heterocycles. The van der Waals surface area contributed by atoms with E-state index in [-0.39, 0.29) is 0 Å². The maximum Gasteiger partial charge on any atom is 0.161 e. The molecule has 0 fully saturated rings. The monoisotopic (exact) mass is 312 g/mol. The molecule has 0 radical (unpaired) electrons. The molecule has 1 heterocycles. The van der Waals surface area contributed by atoms with Gasteiger partial charge < -0.3 is 15.1 Å². The molecule has 106 valence electrons. The number of rotatable bonds is 4. The first-order valence-electron chi connectivity index (χ1n) is 5.77. The molecule has 5 nitrogen and oxygen atoms in total. The maximum atomic E-state index is 6.19. The van der Waals surface area contributed by atoms with Gasteiger partial charge in [0.15, 0.2) is 11.6 Å². The fourth-order valence-corrected chi connectivity index (χ4v) is 2.27. The van der Waals surface area contributed by atoms with E-state index in [1.165, 1.54) is 0 Å². The van der Waals surface area contributed by atoms with Crippen molar-refractivity contribution in [2.45, 2.75) is 0 Å². The molecular weight excluding hydrogens is 299 g/mol. The van der Waals surface area contributed by atoms with Gasteiger partial charge in [-0.2, -0.15) is 0 Å². The van der Waals surface area contributed by atoms with Crippen molar-refractivity contribution in [3.05, 3.63) is 40.4 Å². The van der Waals surface area contributed by atoms with Gasteiger partial charge in [0.1, 0.15) is 5.75 Å². The van der Waals surface area contributed by atoms with Gasteiger partial charge >= 0.3 is 0 Å². The SMILES string of the molecule is COc1cccc(N(C)c2nc(NN)c(Cl)cc2Cl)c1. The van der Waals surface area contributed by atoms with Crippen LogP contribution in [0.2, 0.25) is 10.0 Å². The number of nitrogen functional groups attached to an aromatic ring is 1. The highest BCUT2D eigenvalue weighted by Gasteiger charge is 2.14. The summed E-state index contributed by atoms with van der Waals surface area (Å²) >= 11 is 12.2. The van der Waals surface area contributed by atoms with Gasteiger partial charge in [-0.15, -0.1) is 0 Å². The summed E-state index contributed by atoms with van der Waals surface area (Å²) in [7, 11) is 3.46. The molecule has 7 heteroatoms. The van der Waals surface area contributed by atoms with E-state index >= 15 is 0 Å². The Bertz CT molecular complexity index is 621. The predicted octanol–water partition coefficient (Wildman–Crippen LogP) is 3.45. The lowest BCUT2D eigenvalue weighted by Gasteiger charge is -2.21. The van der Waals surface area contributed by atoms with Crippen molar-refractivity contribution in [3.8, 4) is 5.75 Å². The van der Waals surface area contributed by atoms with Crippen molar-refractivity contribution in [2.24, 2.45) is 5.84 Å². The third-order valence-corrected chi connectivity index (χ3v) is 3.37. The molecule has 1 aromatic carbocycles. The Labute approximate surface area is 127 Å². The minimum atomic E-state index is 0.361. The summed E-state index contributed by atoms with van der Waals surface area (Å²) in [6.07, 6.45) is 0. The lowest BCUT2D eigenvalue weighted by atomic mass is 10.2. The molecule has 0 spiro atoms. The standard InChI is InChI=1S/C13H14Cl2N4O/c1-19(8-4-3-5-9(6-8)20-2)13-11(15)7-10(14)12(17-13)18-16/h3-7H,16H2,1-2H3,(H,17,18). The summed E-state index contributed by atoms with van der Waals surface area (Å²) in [5, 5.41) is 0.791. The van der Waals surface area contributed by atoms with Gasteiger partial charge in [-0.25, -0.2) is 10.8 Å². The van der Waals surface area contributed by atoms with Crippen LogP contribution in [0.25, 0.3) is 0 Å². The first-order valence-corrected chi connectivity index (χ1v) is 6.53. The fraction of sp³-hybridized carbons (Fsp3) is 0.154. The Kier molecular flexibility index (Phi) is 4.54. The lowest BCUT2D eigenvalue weighted by molar-refractivity contribution is 0.415. The normalized spacial score (nSPS) is 10.2. The van der Waals surface area contributed by atoms with Crippen LogP contribution < -0.4 is 20.9 Å². The van der Waals surface area contributed by atoms with Crippen LogP contribution in [-0.2, 0) is 0 Å². The summed E-state index contributed by atoms with van der Waals surface area (Å²) in [6, 6.07) is 9.14. The third kappa shape index (κ3) is 2.90. The van der Waals surface area contributed by atoms with Gasteiger partial charge in [0, 0.05) is 18.8 Å². The molecule has 0 atom stereocenters. The zero-order chi connectivity index (χ0) is 14.7.